The minimum absolute atomic E-state index is 0.151. The van der Waals surface area contributed by atoms with E-state index in [4.69, 9.17) is 0 Å². The van der Waals surface area contributed by atoms with Gasteiger partial charge in [0.05, 0.1) is 0 Å². The predicted octanol–water partition coefficient (Wildman–Crippen LogP) is 3.48. The molecular formula is C21H23N7O. The second kappa shape index (κ2) is 8.22. The lowest BCUT2D eigenvalue weighted by Crippen LogP contribution is -2.19. The van der Waals surface area contributed by atoms with Crippen LogP contribution in [0.25, 0.3) is 0 Å². The van der Waals surface area contributed by atoms with Gasteiger partial charge in [0.1, 0.15) is 17.5 Å². The van der Waals surface area contributed by atoms with Gasteiger partial charge in [0.2, 0.25) is 5.82 Å². The van der Waals surface area contributed by atoms with Crippen molar-refractivity contribution in [3.63, 3.8) is 0 Å². The average molecular weight is 389 g/mol. The molecule has 2 N–H and O–H groups in total. The molecule has 3 heterocycles. The van der Waals surface area contributed by atoms with E-state index >= 15 is 0 Å². The first-order chi connectivity index (χ1) is 14.1. The van der Waals surface area contributed by atoms with Gasteiger partial charge in [-0.3, -0.25) is 4.79 Å². The Labute approximate surface area is 169 Å². The normalized spacial score (nSPS) is 13.4. The second-order valence-corrected chi connectivity index (χ2v) is 7.03. The molecule has 4 rings (SSSR count). The minimum Gasteiger partial charge on any atom is -0.356 e. The summed E-state index contributed by atoms with van der Waals surface area (Å²) in [7, 11) is 0. The largest absolute Gasteiger partial charge is 0.356 e. The van der Waals surface area contributed by atoms with Crippen LogP contribution in [0.15, 0.2) is 42.6 Å². The third-order valence-electron chi connectivity index (χ3n) is 4.67. The van der Waals surface area contributed by atoms with E-state index in [1.54, 1.807) is 12.3 Å². The number of carbonyl (C=O) groups excluding carboxylic acids is 1. The number of hydrogen-bond acceptors (Lipinski definition) is 7. The van der Waals surface area contributed by atoms with Crippen LogP contribution >= 0.6 is 0 Å². The highest BCUT2D eigenvalue weighted by molar-refractivity contribution is 6.01. The van der Waals surface area contributed by atoms with Crippen LogP contribution in [0.4, 0.5) is 23.0 Å². The minimum atomic E-state index is -0.337. The van der Waals surface area contributed by atoms with E-state index < -0.39 is 0 Å². The van der Waals surface area contributed by atoms with E-state index in [1.807, 2.05) is 44.2 Å². The Morgan fingerprint density at radius 2 is 1.69 bits per heavy atom. The highest BCUT2D eigenvalue weighted by atomic mass is 16.2. The molecular weight excluding hydrogens is 366 g/mol. The van der Waals surface area contributed by atoms with E-state index in [1.165, 1.54) is 12.8 Å². The van der Waals surface area contributed by atoms with Gasteiger partial charge in [-0.2, -0.15) is 0 Å². The molecule has 1 aromatic carbocycles. The number of aromatic nitrogens is 4. The summed E-state index contributed by atoms with van der Waals surface area (Å²) in [6.07, 6.45) is 3.98. The van der Waals surface area contributed by atoms with Crippen LogP contribution in [0.2, 0.25) is 0 Å². The molecule has 1 aliphatic rings. The molecule has 29 heavy (non-hydrogen) atoms. The molecule has 8 heteroatoms. The Kier molecular flexibility index (Phi) is 5.33. The molecule has 1 fully saturated rings. The van der Waals surface area contributed by atoms with Crippen molar-refractivity contribution in [1.82, 2.24) is 19.9 Å². The SMILES string of the molecule is Cc1ccnc(C(=O)Nc2ccc(Nc3cc(N4CCCC4)nc(C)n3)cc2)n1. The molecule has 0 aliphatic carbocycles. The van der Waals surface area contributed by atoms with E-state index in [0.29, 0.717) is 5.69 Å². The van der Waals surface area contributed by atoms with Gasteiger partial charge in [-0.15, -0.1) is 0 Å². The summed E-state index contributed by atoms with van der Waals surface area (Å²) in [6.45, 7) is 5.80. The van der Waals surface area contributed by atoms with Crippen LogP contribution < -0.4 is 15.5 Å². The highest BCUT2D eigenvalue weighted by Gasteiger charge is 2.15. The van der Waals surface area contributed by atoms with Gasteiger partial charge < -0.3 is 15.5 Å². The first-order valence-corrected chi connectivity index (χ1v) is 9.65. The van der Waals surface area contributed by atoms with E-state index in [-0.39, 0.29) is 11.7 Å². The molecule has 0 bridgehead atoms. The molecule has 0 spiro atoms. The first kappa shape index (κ1) is 18.8. The zero-order valence-corrected chi connectivity index (χ0v) is 16.5. The number of amides is 1. The number of hydrogen-bond donors (Lipinski definition) is 2. The standard InChI is InChI=1S/C21H23N7O/c1-14-9-10-22-20(23-14)21(29)27-17-7-5-16(6-8-17)26-18-13-19(25-15(2)24-18)28-11-3-4-12-28/h5-10,13H,3-4,11-12H2,1-2H3,(H,27,29)(H,24,25,26). The Hall–Kier alpha value is -3.55. The topological polar surface area (TPSA) is 95.9 Å². The number of rotatable bonds is 5. The van der Waals surface area contributed by atoms with Crippen molar-refractivity contribution in [1.29, 1.82) is 0 Å². The number of nitrogens with one attached hydrogen (secondary N) is 2. The molecule has 1 aliphatic heterocycles. The van der Waals surface area contributed by atoms with Crippen molar-refractivity contribution in [3.05, 3.63) is 59.9 Å². The maximum absolute atomic E-state index is 12.3. The molecule has 2 aromatic heterocycles. The molecule has 3 aromatic rings. The summed E-state index contributed by atoms with van der Waals surface area (Å²) in [5.41, 5.74) is 2.29. The molecule has 8 nitrogen and oxygen atoms in total. The van der Waals surface area contributed by atoms with Gasteiger partial charge in [0.15, 0.2) is 0 Å². The second-order valence-electron chi connectivity index (χ2n) is 7.03. The van der Waals surface area contributed by atoms with Gasteiger partial charge in [-0.1, -0.05) is 0 Å². The van der Waals surface area contributed by atoms with Crippen LogP contribution in [-0.2, 0) is 0 Å². The fourth-order valence-corrected chi connectivity index (χ4v) is 3.25. The highest BCUT2D eigenvalue weighted by Crippen LogP contribution is 2.23. The summed E-state index contributed by atoms with van der Waals surface area (Å²) >= 11 is 0. The summed E-state index contributed by atoms with van der Waals surface area (Å²) in [4.78, 5) is 31.7. The lowest BCUT2D eigenvalue weighted by Gasteiger charge is -2.18. The maximum atomic E-state index is 12.3. The molecule has 0 unspecified atom stereocenters. The fraction of sp³-hybridized carbons (Fsp3) is 0.286. The number of benzene rings is 1. The molecule has 0 atom stereocenters. The average Bonchev–Trinajstić information content (AvgIpc) is 3.24. The van der Waals surface area contributed by atoms with Crippen LogP contribution in [0, 0.1) is 13.8 Å². The zero-order chi connectivity index (χ0) is 20.2. The van der Waals surface area contributed by atoms with E-state index in [2.05, 4.69) is 35.5 Å². The molecule has 1 saturated heterocycles. The smallest absolute Gasteiger partial charge is 0.293 e. The van der Waals surface area contributed by atoms with Gasteiger partial charge in [-0.25, -0.2) is 19.9 Å². The van der Waals surface area contributed by atoms with Gasteiger partial charge in [0.25, 0.3) is 5.91 Å². The van der Waals surface area contributed by atoms with Crippen LogP contribution in [0.5, 0.6) is 0 Å². The lowest BCUT2D eigenvalue weighted by atomic mass is 10.2. The summed E-state index contributed by atoms with van der Waals surface area (Å²) < 4.78 is 0. The zero-order valence-electron chi connectivity index (χ0n) is 16.5. The summed E-state index contributed by atoms with van der Waals surface area (Å²) in [5.74, 6) is 2.26. The number of carbonyl (C=O) groups is 1. The van der Waals surface area contributed by atoms with Crippen LogP contribution in [-0.4, -0.2) is 38.9 Å². The van der Waals surface area contributed by atoms with Gasteiger partial charge >= 0.3 is 0 Å². The number of anilines is 4. The van der Waals surface area contributed by atoms with Crippen molar-refractivity contribution in [2.45, 2.75) is 26.7 Å². The lowest BCUT2D eigenvalue weighted by molar-refractivity contribution is 0.101. The number of aryl methyl sites for hydroxylation is 2. The van der Waals surface area contributed by atoms with Crippen LogP contribution in [0.3, 0.4) is 0 Å². The summed E-state index contributed by atoms with van der Waals surface area (Å²) in [6, 6.07) is 11.2. The Morgan fingerprint density at radius 3 is 2.41 bits per heavy atom. The van der Waals surface area contributed by atoms with E-state index in [0.717, 1.165) is 41.9 Å². The Morgan fingerprint density at radius 1 is 0.966 bits per heavy atom. The predicted molar refractivity (Wildman–Crippen MR) is 113 cm³/mol. The van der Waals surface area contributed by atoms with Crippen molar-refractivity contribution >= 4 is 28.9 Å². The van der Waals surface area contributed by atoms with Crippen molar-refractivity contribution in [2.24, 2.45) is 0 Å². The monoisotopic (exact) mass is 389 g/mol. The first-order valence-electron chi connectivity index (χ1n) is 9.65. The van der Waals surface area contributed by atoms with Crippen LogP contribution in [0.1, 0.15) is 35.0 Å². The molecule has 0 saturated carbocycles. The Balaban J connectivity index is 1.44. The third kappa shape index (κ3) is 4.66. The van der Waals surface area contributed by atoms with E-state index in [9.17, 15) is 4.79 Å². The maximum Gasteiger partial charge on any atom is 0.293 e. The number of nitrogens with zero attached hydrogens (tertiary/aromatic N) is 5. The van der Waals surface area contributed by atoms with Gasteiger partial charge in [-0.05, 0) is 57.0 Å². The van der Waals surface area contributed by atoms with Crippen molar-refractivity contribution in [2.75, 3.05) is 28.6 Å². The van der Waals surface area contributed by atoms with Crippen molar-refractivity contribution in [3.8, 4) is 0 Å². The quantitative estimate of drug-likeness (QED) is 0.690. The third-order valence-corrected chi connectivity index (χ3v) is 4.67. The summed E-state index contributed by atoms with van der Waals surface area (Å²) in [5, 5.41) is 6.12. The molecule has 1 amide bonds. The fourth-order valence-electron chi connectivity index (χ4n) is 3.25. The molecule has 0 radical (unpaired) electrons. The van der Waals surface area contributed by atoms with Gasteiger partial charge in [0, 0.05) is 42.4 Å². The molecule has 148 valence electrons. The Bertz CT molecular complexity index is 1010. The van der Waals surface area contributed by atoms with Crippen molar-refractivity contribution < 1.29 is 4.79 Å².